The predicted molar refractivity (Wildman–Crippen MR) is 113 cm³/mol. The van der Waals surface area contributed by atoms with Gasteiger partial charge in [0.2, 0.25) is 0 Å². The number of halogens is 1. The molecule has 12 heteroatoms. The Labute approximate surface area is 182 Å². The van der Waals surface area contributed by atoms with E-state index in [1.165, 1.54) is 36.5 Å². The number of nitrogens with zero attached hydrogens (tertiary/aromatic N) is 3. The number of non-ortho nitro benzene ring substituents is 2. The fourth-order valence-electron chi connectivity index (χ4n) is 2.41. The standard InChI is InChI=1S/C19H13BrN4O7/c20-16-9-14(24(28)29)4-6-18(16)30-11-19(25)22-21-10-15-5-7-17(31-15)12-2-1-3-13(8-12)23(26)27/h1-10H,11H2,(H,22,25)/b21-10-. The van der Waals surface area contributed by atoms with Crippen molar-refractivity contribution in [3.63, 3.8) is 0 Å². The molecule has 0 bridgehead atoms. The van der Waals surface area contributed by atoms with Crippen LogP contribution in [0.4, 0.5) is 11.4 Å². The number of benzene rings is 2. The summed E-state index contributed by atoms with van der Waals surface area (Å²) in [5.41, 5.74) is 2.61. The molecular weight excluding hydrogens is 476 g/mol. The number of hydrogen-bond acceptors (Lipinski definition) is 8. The molecule has 0 spiro atoms. The van der Waals surface area contributed by atoms with Crippen molar-refractivity contribution in [3.05, 3.63) is 85.1 Å². The van der Waals surface area contributed by atoms with Gasteiger partial charge in [-0.1, -0.05) is 12.1 Å². The van der Waals surface area contributed by atoms with Gasteiger partial charge < -0.3 is 9.15 Å². The highest BCUT2D eigenvalue weighted by Gasteiger charge is 2.12. The monoisotopic (exact) mass is 488 g/mol. The molecule has 0 aliphatic rings. The van der Waals surface area contributed by atoms with Gasteiger partial charge in [-0.15, -0.1) is 0 Å². The Morgan fingerprint density at radius 3 is 2.55 bits per heavy atom. The predicted octanol–water partition coefficient (Wildman–Crippen LogP) is 4.05. The van der Waals surface area contributed by atoms with Crippen LogP contribution in [0, 0.1) is 20.2 Å². The van der Waals surface area contributed by atoms with E-state index in [-0.39, 0.29) is 23.7 Å². The summed E-state index contributed by atoms with van der Waals surface area (Å²) in [5.74, 6) is 0.424. The number of hydrogen-bond donors (Lipinski definition) is 1. The third kappa shape index (κ3) is 5.73. The molecule has 0 aliphatic heterocycles. The fraction of sp³-hybridized carbons (Fsp3) is 0.0526. The van der Waals surface area contributed by atoms with Crippen molar-refractivity contribution < 1.29 is 23.8 Å². The average molecular weight is 489 g/mol. The van der Waals surface area contributed by atoms with Crippen molar-refractivity contribution in [3.8, 4) is 17.1 Å². The van der Waals surface area contributed by atoms with Crippen molar-refractivity contribution in [2.45, 2.75) is 0 Å². The van der Waals surface area contributed by atoms with Gasteiger partial charge in [-0.2, -0.15) is 5.10 Å². The maximum atomic E-state index is 11.9. The van der Waals surface area contributed by atoms with E-state index in [2.05, 4.69) is 26.5 Å². The maximum absolute atomic E-state index is 11.9. The summed E-state index contributed by atoms with van der Waals surface area (Å²) in [4.78, 5) is 32.4. The van der Waals surface area contributed by atoms with Gasteiger partial charge in [0.1, 0.15) is 17.3 Å². The number of amides is 1. The molecule has 0 fully saturated rings. The summed E-state index contributed by atoms with van der Waals surface area (Å²) in [6, 6.07) is 13.1. The largest absolute Gasteiger partial charge is 0.483 e. The van der Waals surface area contributed by atoms with E-state index in [4.69, 9.17) is 9.15 Å². The molecule has 0 saturated carbocycles. The Morgan fingerprint density at radius 2 is 1.84 bits per heavy atom. The molecule has 0 aliphatic carbocycles. The molecule has 2 aromatic carbocycles. The van der Waals surface area contributed by atoms with E-state index in [1.54, 1.807) is 24.3 Å². The summed E-state index contributed by atoms with van der Waals surface area (Å²) in [5, 5.41) is 25.4. The Kier molecular flexibility index (Phi) is 6.72. The number of hydrazone groups is 1. The smallest absolute Gasteiger partial charge is 0.277 e. The Bertz CT molecular complexity index is 1180. The van der Waals surface area contributed by atoms with Crippen LogP contribution >= 0.6 is 15.9 Å². The van der Waals surface area contributed by atoms with Crippen LogP contribution in [-0.2, 0) is 4.79 Å². The zero-order chi connectivity index (χ0) is 22.4. The van der Waals surface area contributed by atoms with Gasteiger partial charge in [0.05, 0.1) is 20.5 Å². The van der Waals surface area contributed by atoms with Crippen molar-refractivity contribution in [1.82, 2.24) is 5.43 Å². The molecule has 11 nitrogen and oxygen atoms in total. The minimum absolute atomic E-state index is 0.0592. The minimum atomic E-state index is -0.563. The Hall–Kier alpha value is -4.06. The molecule has 31 heavy (non-hydrogen) atoms. The fourth-order valence-corrected chi connectivity index (χ4v) is 2.90. The summed E-state index contributed by atoms with van der Waals surface area (Å²) in [6.07, 6.45) is 1.26. The van der Waals surface area contributed by atoms with Crippen LogP contribution in [0.15, 0.2) is 68.6 Å². The lowest BCUT2D eigenvalue weighted by Crippen LogP contribution is -2.24. The summed E-state index contributed by atoms with van der Waals surface area (Å²) in [6.45, 7) is -0.370. The highest BCUT2D eigenvalue weighted by Crippen LogP contribution is 2.29. The average Bonchev–Trinajstić information content (AvgIpc) is 3.21. The van der Waals surface area contributed by atoms with Crippen LogP contribution < -0.4 is 10.2 Å². The third-order valence-corrected chi connectivity index (χ3v) is 4.45. The highest BCUT2D eigenvalue weighted by molar-refractivity contribution is 9.10. The molecule has 0 unspecified atom stereocenters. The van der Waals surface area contributed by atoms with Crippen molar-refractivity contribution in [1.29, 1.82) is 0 Å². The lowest BCUT2D eigenvalue weighted by molar-refractivity contribution is -0.385. The molecule has 1 N–H and O–H groups in total. The van der Waals surface area contributed by atoms with E-state index < -0.39 is 15.8 Å². The number of nitro groups is 2. The molecule has 0 radical (unpaired) electrons. The minimum Gasteiger partial charge on any atom is -0.483 e. The second kappa shape index (κ2) is 9.63. The van der Waals surface area contributed by atoms with Gasteiger partial charge in [-0.05, 0) is 34.1 Å². The molecular formula is C19H13BrN4O7. The molecule has 3 rings (SSSR count). The first-order valence-electron chi connectivity index (χ1n) is 8.57. The molecule has 1 amide bonds. The van der Waals surface area contributed by atoms with Crippen molar-refractivity contribution >= 4 is 39.4 Å². The van der Waals surface area contributed by atoms with Crippen LogP contribution in [-0.4, -0.2) is 28.6 Å². The summed E-state index contributed by atoms with van der Waals surface area (Å²) >= 11 is 3.14. The van der Waals surface area contributed by atoms with E-state index in [1.807, 2.05) is 0 Å². The number of ether oxygens (including phenoxy) is 1. The van der Waals surface area contributed by atoms with Gasteiger partial charge >= 0.3 is 0 Å². The van der Waals surface area contributed by atoms with Crippen LogP contribution in [0.25, 0.3) is 11.3 Å². The summed E-state index contributed by atoms with van der Waals surface area (Å²) < 4.78 is 11.2. The van der Waals surface area contributed by atoms with Crippen molar-refractivity contribution in [2.75, 3.05) is 6.61 Å². The van der Waals surface area contributed by atoms with Crippen molar-refractivity contribution in [2.24, 2.45) is 5.10 Å². The first-order valence-corrected chi connectivity index (χ1v) is 9.36. The number of furan rings is 1. The van der Waals surface area contributed by atoms with Crippen LogP contribution in [0.3, 0.4) is 0 Å². The maximum Gasteiger partial charge on any atom is 0.277 e. The van der Waals surface area contributed by atoms with Crippen LogP contribution in [0.1, 0.15) is 5.76 Å². The van der Waals surface area contributed by atoms with Gasteiger partial charge in [-0.25, -0.2) is 5.43 Å². The zero-order valence-corrected chi connectivity index (χ0v) is 17.1. The molecule has 0 saturated heterocycles. The SMILES string of the molecule is O=C(COc1ccc([N+](=O)[O-])cc1Br)N/N=C\c1ccc(-c2cccc([N+](=O)[O-])c2)o1. The Balaban J connectivity index is 1.54. The second-order valence-corrected chi connectivity index (χ2v) is 6.82. The molecule has 3 aromatic rings. The zero-order valence-electron chi connectivity index (χ0n) is 15.6. The second-order valence-electron chi connectivity index (χ2n) is 5.96. The van der Waals surface area contributed by atoms with E-state index in [0.717, 1.165) is 0 Å². The third-order valence-electron chi connectivity index (χ3n) is 3.83. The first-order chi connectivity index (χ1) is 14.8. The lowest BCUT2D eigenvalue weighted by atomic mass is 10.1. The molecule has 158 valence electrons. The molecule has 1 heterocycles. The normalized spacial score (nSPS) is 10.7. The van der Waals surface area contributed by atoms with E-state index >= 15 is 0 Å². The van der Waals surface area contributed by atoms with Gasteiger partial charge in [0.25, 0.3) is 17.3 Å². The lowest BCUT2D eigenvalue weighted by Gasteiger charge is -2.06. The molecule has 0 atom stereocenters. The van der Waals surface area contributed by atoms with E-state index in [9.17, 15) is 25.0 Å². The topological polar surface area (TPSA) is 150 Å². The number of nitro benzene ring substituents is 2. The number of carbonyl (C=O) groups excluding carboxylic acids is 1. The van der Waals surface area contributed by atoms with Gasteiger partial charge in [-0.3, -0.25) is 25.0 Å². The summed E-state index contributed by atoms with van der Waals surface area (Å²) in [7, 11) is 0. The Morgan fingerprint density at radius 1 is 1.10 bits per heavy atom. The number of rotatable bonds is 8. The number of nitrogens with one attached hydrogen (secondary N) is 1. The molecule has 1 aromatic heterocycles. The first kappa shape index (κ1) is 21.6. The van der Waals surface area contributed by atoms with E-state index in [0.29, 0.717) is 21.6 Å². The van der Waals surface area contributed by atoms with Gasteiger partial charge in [0.15, 0.2) is 6.61 Å². The van der Waals surface area contributed by atoms with Gasteiger partial charge in [0, 0.05) is 29.8 Å². The quantitative estimate of drug-likeness (QED) is 0.285. The highest BCUT2D eigenvalue weighted by atomic mass is 79.9. The van der Waals surface area contributed by atoms with Crippen LogP contribution in [0.2, 0.25) is 0 Å². The van der Waals surface area contributed by atoms with Crippen LogP contribution in [0.5, 0.6) is 5.75 Å². The number of carbonyl (C=O) groups is 1.